The molecular formula is C39H30Cl2FN3O6. The number of nitrogens with zero attached hydrogens (tertiary/aromatic N) is 2. The summed E-state index contributed by atoms with van der Waals surface area (Å²) < 4.78 is 19.6. The fourth-order valence-electron chi connectivity index (χ4n) is 8.35. The van der Waals surface area contributed by atoms with Gasteiger partial charge in [0.1, 0.15) is 17.3 Å². The van der Waals surface area contributed by atoms with Gasteiger partial charge in [0.2, 0.25) is 11.8 Å². The number of allylic oxidation sites excluding steroid dienone is 2. The summed E-state index contributed by atoms with van der Waals surface area (Å²) in [7, 11) is 1.39. The summed E-state index contributed by atoms with van der Waals surface area (Å²) in [5, 5.41) is 14.6. The van der Waals surface area contributed by atoms with Crippen molar-refractivity contribution in [2.24, 2.45) is 17.8 Å². The number of fused-ring (bicyclic) bond motifs is 4. The Kier molecular flexibility index (Phi) is 7.73. The molecule has 2 aliphatic heterocycles. The van der Waals surface area contributed by atoms with Crippen LogP contribution in [0.4, 0.5) is 27.1 Å². The molecule has 0 bridgehead atoms. The van der Waals surface area contributed by atoms with Gasteiger partial charge in [0.05, 0.1) is 30.3 Å². The molecule has 1 saturated carbocycles. The van der Waals surface area contributed by atoms with Gasteiger partial charge < -0.3 is 15.2 Å². The normalized spacial score (nSPS) is 28.3. The number of rotatable bonds is 6. The van der Waals surface area contributed by atoms with Gasteiger partial charge in [0, 0.05) is 22.9 Å². The summed E-state index contributed by atoms with van der Waals surface area (Å²) in [5.41, 5.74) is 2.69. The summed E-state index contributed by atoms with van der Waals surface area (Å²) in [6.45, 7) is 0. The van der Waals surface area contributed by atoms with E-state index in [0.29, 0.717) is 11.3 Å². The fraction of sp³-hybridized carbons (Fsp3) is 0.231. The Balaban J connectivity index is 1.22. The minimum Gasteiger partial charge on any atom is -0.508 e. The first-order chi connectivity index (χ1) is 24.5. The Bertz CT molecular complexity index is 2150. The van der Waals surface area contributed by atoms with Crippen LogP contribution >= 0.6 is 23.2 Å². The lowest BCUT2D eigenvalue weighted by Crippen LogP contribution is -2.60. The molecule has 258 valence electrons. The van der Waals surface area contributed by atoms with Gasteiger partial charge in [-0.2, -0.15) is 0 Å². The number of para-hydroxylation sites is 1. The van der Waals surface area contributed by atoms with Gasteiger partial charge in [-0.25, -0.2) is 9.29 Å². The van der Waals surface area contributed by atoms with Crippen LogP contribution in [0.1, 0.15) is 24.3 Å². The molecule has 2 heterocycles. The maximum atomic E-state index is 14.6. The number of benzene rings is 4. The van der Waals surface area contributed by atoms with E-state index in [2.05, 4.69) is 5.32 Å². The van der Waals surface area contributed by atoms with E-state index < -0.39 is 62.9 Å². The number of phenols is 1. The predicted molar refractivity (Wildman–Crippen MR) is 190 cm³/mol. The Labute approximate surface area is 302 Å². The van der Waals surface area contributed by atoms with E-state index in [0.717, 1.165) is 28.4 Å². The fourth-order valence-corrected chi connectivity index (χ4v) is 9.27. The molecule has 0 aromatic heterocycles. The van der Waals surface area contributed by atoms with Gasteiger partial charge >= 0.3 is 0 Å². The lowest BCUT2D eigenvalue weighted by molar-refractivity contribution is -0.125. The molecule has 12 heteroatoms. The molecule has 2 N–H and O–H groups in total. The molecule has 9 nitrogen and oxygen atoms in total. The van der Waals surface area contributed by atoms with Crippen molar-refractivity contribution in [1.29, 1.82) is 0 Å². The smallest absolute Gasteiger partial charge is 0.258 e. The second kappa shape index (κ2) is 12.0. The van der Waals surface area contributed by atoms with Crippen molar-refractivity contribution in [3.63, 3.8) is 0 Å². The zero-order valence-electron chi connectivity index (χ0n) is 27.1. The highest BCUT2D eigenvalue weighted by Gasteiger charge is 2.77. The minimum atomic E-state index is -2.21. The lowest BCUT2D eigenvalue weighted by Gasteiger charge is -2.50. The molecule has 2 aliphatic carbocycles. The van der Waals surface area contributed by atoms with Crippen LogP contribution in [0, 0.1) is 23.6 Å². The van der Waals surface area contributed by atoms with Crippen LogP contribution in [0.3, 0.4) is 0 Å². The maximum absolute atomic E-state index is 14.6. The number of aromatic hydroxyl groups is 1. The van der Waals surface area contributed by atoms with E-state index in [9.17, 15) is 28.7 Å². The molecule has 0 radical (unpaired) electrons. The van der Waals surface area contributed by atoms with Gasteiger partial charge in [-0.05, 0) is 91.6 Å². The van der Waals surface area contributed by atoms with Crippen LogP contribution in [-0.4, -0.2) is 45.6 Å². The number of hydrogen-bond acceptors (Lipinski definition) is 7. The van der Waals surface area contributed by atoms with Crippen LogP contribution in [0.15, 0.2) is 109 Å². The standard InChI is InChI=1S/C39H30Cl2FN3O6/c1-51-30-9-5-8-29(46)32(30)33-26-18-19-27-31(35(48)44(34(27)47)24-16-12-23(13-17-24)43-22-6-3-2-4-7-22)28(26)20-38(40)36(49)45(37(50)39(33,38)41)25-14-10-21(42)11-15-25/h2-18,27-28,31,33,43,46H,19-20H2,1H3/t27-,28+,31-,33+,38+,39-/m0/s1. The van der Waals surface area contributed by atoms with Crippen molar-refractivity contribution in [3.8, 4) is 11.5 Å². The number of halogens is 3. The quantitative estimate of drug-likeness (QED) is 0.124. The number of methoxy groups -OCH3 is 1. The third kappa shape index (κ3) is 4.73. The Morgan fingerprint density at radius 3 is 2.12 bits per heavy atom. The Morgan fingerprint density at radius 2 is 1.43 bits per heavy atom. The molecule has 4 aromatic rings. The topological polar surface area (TPSA) is 116 Å². The number of phenolic OH excluding ortho intramolecular Hbond substituents is 1. The largest absolute Gasteiger partial charge is 0.508 e. The molecule has 6 atom stereocenters. The van der Waals surface area contributed by atoms with Crippen molar-refractivity contribution in [2.75, 3.05) is 22.2 Å². The summed E-state index contributed by atoms with van der Waals surface area (Å²) in [4.78, 5) is 55.2. The molecule has 51 heavy (non-hydrogen) atoms. The number of carbonyl (C=O) groups excluding carboxylic acids is 4. The minimum absolute atomic E-state index is 0.0576. The summed E-state index contributed by atoms with van der Waals surface area (Å²) >= 11 is 14.8. The first-order valence-electron chi connectivity index (χ1n) is 16.4. The number of hydrogen-bond donors (Lipinski definition) is 2. The molecule has 3 fully saturated rings. The molecular weight excluding hydrogens is 696 g/mol. The molecule has 2 saturated heterocycles. The van der Waals surface area contributed by atoms with E-state index in [1.165, 1.54) is 30.2 Å². The number of alkyl halides is 2. The Hall–Kier alpha value is -5.19. The first kappa shape index (κ1) is 33.0. The van der Waals surface area contributed by atoms with Crippen molar-refractivity contribution in [3.05, 3.63) is 120 Å². The van der Waals surface area contributed by atoms with Crippen LogP contribution < -0.4 is 19.9 Å². The number of nitrogens with one attached hydrogen (secondary N) is 1. The van der Waals surface area contributed by atoms with Crippen LogP contribution in [0.2, 0.25) is 0 Å². The van der Waals surface area contributed by atoms with E-state index in [-0.39, 0.29) is 35.6 Å². The second-order valence-electron chi connectivity index (χ2n) is 13.2. The number of anilines is 4. The number of ether oxygens (including phenoxy) is 1. The third-order valence-corrected chi connectivity index (χ3v) is 12.0. The van der Waals surface area contributed by atoms with Gasteiger partial charge in [-0.1, -0.05) is 35.9 Å². The highest BCUT2D eigenvalue weighted by Crippen LogP contribution is 2.67. The van der Waals surface area contributed by atoms with Gasteiger partial charge in [0.25, 0.3) is 11.8 Å². The molecule has 0 spiro atoms. The second-order valence-corrected chi connectivity index (χ2v) is 14.4. The third-order valence-electron chi connectivity index (χ3n) is 10.6. The summed E-state index contributed by atoms with van der Waals surface area (Å²) in [6, 6.07) is 25.8. The lowest BCUT2D eigenvalue weighted by atomic mass is 9.56. The van der Waals surface area contributed by atoms with Gasteiger partial charge in [-0.3, -0.25) is 24.1 Å². The summed E-state index contributed by atoms with van der Waals surface area (Å²) in [6.07, 6.45) is 1.67. The highest BCUT2D eigenvalue weighted by molar-refractivity contribution is 6.58. The molecule has 0 unspecified atom stereocenters. The number of carbonyl (C=O) groups is 4. The predicted octanol–water partition coefficient (Wildman–Crippen LogP) is 7.05. The van der Waals surface area contributed by atoms with Gasteiger partial charge in [-0.15, -0.1) is 23.2 Å². The van der Waals surface area contributed by atoms with Gasteiger partial charge in [0.15, 0.2) is 9.75 Å². The first-order valence-corrected chi connectivity index (χ1v) is 17.1. The zero-order valence-corrected chi connectivity index (χ0v) is 28.6. The SMILES string of the molecule is COc1cccc(O)c1[C@H]1C2=CC[C@@H]3C(=O)N(c4ccc(Nc5ccccc5)cc4)C(=O)[C@@H]3[C@@H]2C[C@@]2(Cl)C(=O)N(c3ccc(F)cc3)C(=O)[C@@]12Cl. The van der Waals surface area contributed by atoms with Crippen LogP contribution in [0.5, 0.6) is 11.5 Å². The number of imide groups is 2. The van der Waals surface area contributed by atoms with E-state index >= 15 is 0 Å². The molecule has 4 aromatic carbocycles. The van der Waals surface area contributed by atoms with Crippen LogP contribution in [-0.2, 0) is 19.2 Å². The Morgan fingerprint density at radius 1 is 0.784 bits per heavy atom. The average molecular weight is 727 g/mol. The molecule has 4 amide bonds. The summed E-state index contributed by atoms with van der Waals surface area (Å²) in [5.74, 6) is -7.05. The maximum Gasteiger partial charge on any atom is 0.258 e. The van der Waals surface area contributed by atoms with E-state index in [4.69, 9.17) is 27.9 Å². The monoisotopic (exact) mass is 725 g/mol. The van der Waals surface area contributed by atoms with Crippen molar-refractivity contribution in [2.45, 2.75) is 28.5 Å². The van der Waals surface area contributed by atoms with Crippen molar-refractivity contribution >= 4 is 69.6 Å². The van der Waals surface area contributed by atoms with E-state index in [1.807, 2.05) is 30.3 Å². The average Bonchev–Trinajstić information content (AvgIpc) is 3.47. The zero-order chi connectivity index (χ0) is 35.8. The van der Waals surface area contributed by atoms with E-state index in [1.54, 1.807) is 42.5 Å². The van der Waals surface area contributed by atoms with Crippen molar-refractivity contribution in [1.82, 2.24) is 0 Å². The molecule has 4 aliphatic rings. The number of amides is 4. The molecule has 8 rings (SSSR count). The highest BCUT2D eigenvalue weighted by atomic mass is 35.5. The van der Waals surface area contributed by atoms with Crippen molar-refractivity contribution < 1.29 is 33.4 Å². The van der Waals surface area contributed by atoms with Crippen LogP contribution in [0.25, 0.3) is 0 Å².